The Labute approximate surface area is 166 Å². The van der Waals surface area contributed by atoms with E-state index in [2.05, 4.69) is 30.1 Å². The van der Waals surface area contributed by atoms with Gasteiger partial charge in [0.25, 0.3) is 0 Å². The number of thioether (sulfide) groups is 1. The number of halogens is 1. The molecule has 6 nitrogen and oxygen atoms in total. The van der Waals surface area contributed by atoms with Gasteiger partial charge in [-0.15, -0.1) is 10.2 Å². The number of aromatic nitrogens is 3. The van der Waals surface area contributed by atoms with Crippen LogP contribution < -0.4 is 0 Å². The maximum atomic E-state index is 11.2. The van der Waals surface area contributed by atoms with Gasteiger partial charge in [0.15, 0.2) is 5.16 Å². The lowest BCUT2D eigenvalue weighted by molar-refractivity contribution is -0.479. The Morgan fingerprint density at radius 3 is 2.44 bits per heavy atom. The molecule has 0 spiro atoms. The summed E-state index contributed by atoms with van der Waals surface area (Å²) in [5, 5.41) is 20.5. The first-order valence-corrected chi connectivity index (χ1v) is 9.64. The first-order chi connectivity index (χ1) is 12.8. The molecular weight excluding hydrogens is 384 g/mol. The molecule has 0 aliphatic rings. The van der Waals surface area contributed by atoms with Gasteiger partial charge in [0.2, 0.25) is 6.54 Å². The fourth-order valence-corrected chi connectivity index (χ4v) is 4.03. The molecule has 3 aromatic rings. The maximum Gasteiger partial charge on any atom is 0.220 e. The van der Waals surface area contributed by atoms with Gasteiger partial charge >= 0.3 is 0 Å². The average Bonchev–Trinajstić information content (AvgIpc) is 2.97. The third-order valence-corrected chi connectivity index (χ3v) is 5.78. The summed E-state index contributed by atoms with van der Waals surface area (Å²) in [4.78, 5) is 10.9. The highest BCUT2D eigenvalue weighted by Gasteiger charge is 2.23. The van der Waals surface area contributed by atoms with Crippen LogP contribution >= 0.6 is 23.4 Å². The summed E-state index contributed by atoms with van der Waals surface area (Å²) in [5.41, 5.74) is 4.13. The number of rotatable bonds is 6. The van der Waals surface area contributed by atoms with Crippen molar-refractivity contribution in [2.45, 2.75) is 31.2 Å². The number of hydrogen-bond donors (Lipinski definition) is 0. The van der Waals surface area contributed by atoms with Crippen molar-refractivity contribution in [3.63, 3.8) is 0 Å². The van der Waals surface area contributed by atoms with Gasteiger partial charge in [-0.2, -0.15) is 0 Å². The van der Waals surface area contributed by atoms with Crippen LogP contribution in [0.15, 0.2) is 47.6 Å². The van der Waals surface area contributed by atoms with Gasteiger partial charge in [-0.3, -0.25) is 14.7 Å². The van der Waals surface area contributed by atoms with Crippen molar-refractivity contribution in [2.75, 3.05) is 6.54 Å². The minimum atomic E-state index is -0.397. The number of nitro groups is 1. The van der Waals surface area contributed by atoms with E-state index >= 15 is 0 Å². The molecule has 1 atom stereocenters. The summed E-state index contributed by atoms with van der Waals surface area (Å²) < 4.78 is 1.93. The normalized spacial score (nSPS) is 12.1. The highest BCUT2D eigenvalue weighted by molar-refractivity contribution is 7.99. The molecule has 8 heteroatoms. The molecule has 140 valence electrons. The first-order valence-electron chi connectivity index (χ1n) is 8.38. The predicted octanol–water partition coefficient (Wildman–Crippen LogP) is 4.96. The van der Waals surface area contributed by atoms with E-state index in [1.54, 1.807) is 12.1 Å². The Hall–Kier alpha value is -2.38. The summed E-state index contributed by atoms with van der Waals surface area (Å²) >= 11 is 7.28. The van der Waals surface area contributed by atoms with Crippen LogP contribution in [0, 0.1) is 30.9 Å². The summed E-state index contributed by atoms with van der Waals surface area (Å²) in [6, 6.07) is 13.2. The molecule has 0 amide bonds. The Bertz CT molecular complexity index is 972. The van der Waals surface area contributed by atoms with Gasteiger partial charge in [0, 0.05) is 15.6 Å². The summed E-state index contributed by atoms with van der Waals surface area (Å²) in [7, 11) is 0. The van der Waals surface area contributed by atoms with Gasteiger partial charge in [-0.1, -0.05) is 41.6 Å². The van der Waals surface area contributed by atoms with E-state index < -0.39 is 5.25 Å². The van der Waals surface area contributed by atoms with Crippen LogP contribution in [0.1, 0.15) is 27.8 Å². The molecular formula is C19H19ClN4O2S. The molecule has 1 aromatic heterocycles. The number of aryl methyl sites for hydroxylation is 3. The highest BCUT2D eigenvalue weighted by atomic mass is 35.5. The van der Waals surface area contributed by atoms with Crippen molar-refractivity contribution >= 4 is 23.4 Å². The van der Waals surface area contributed by atoms with E-state index in [0.29, 0.717) is 10.2 Å². The van der Waals surface area contributed by atoms with Gasteiger partial charge in [-0.05, 0) is 61.7 Å². The zero-order valence-electron chi connectivity index (χ0n) is 15.2. The fourth-order valence-electron chi connectivity index (χ4n) is 2.73. The molecule has 0 aliphatic carbocycles. The van der Waals surface area contributed by atoms with E-state index in [4.69, 9.17) is 11.6 Å². The molecule has 27 heavy (non-hydrogen) atoms. The standard InChI is InChI=1S/C19H19ClN4O2S/c1-12-4-9-17(10-13(12)2)24-14(3)21-22-19(24)27-18(11-23(25)26)15-5-7-16(20)8-6-15/h4-10,18H,11H2,1-3H3/t18-/m0/s1. The summed E-state index contributed by atoms with van der Waals surface area (Å²) in [5.74, 6) is 0.733. The van der Waals surface area contributed by atoms with E-state index in [-0.39, 0.29) is 11.5 Å². The van der Waals surface area contributed by atoms with Gasteiger partial charge in [0.1, 0.15) is 11.1 Å². The van der Waals surface area contributed by atoms with Crippen molar-refractivity contribution in [3.8, 4) is 5.69 Å². The molecule has 0 N–H and O–H groups in total. The molecule has 0 radical (unpaired) electrons. The molecule has 0 aliphatic heterocycles. The van der Waals surface area contributed by atoms with Crippen LogP contribution in [-0.4, -0.2) is 26.2 Å². The zero-order chi connectivity index (χ0) is 19.6. The Balaban J connectivity index is 1.98. The maximum absolute atomic E-state index is 11.2. The number of benzene rings is 2. The van der Waals surface area contributed by atoms with E-state index in [9.17, 15) is 10.1 Å². The van der Waals surface area contributed by atoms with Crippen LogP contribution in [0.25, 0.3) is 5.69 Å². The average molecular weight is 403 g/mol. The minimum absolute atomic E-state index is 0.217. The van der Waals surface area contributed by atoms with Crippen molar-refractivity contribution in [1.29, 1.82) is 0 Å². The quantitative estimate of drug-likeness (QED) is 0.331. The Kier molecular flexibility index (Phi) is 5.82. The highest BCUT2D eigenvalue weighted by Crippen LogP contribution is 2.36. The SMILES string of the molecule is Cc1ccc(-n2c(C)nnc2S[C@@H](C[N+](=O)[O-])c2ccc(Cl)cc2)cc1C. The van der Waals surface area contributed by atoms with Gasteiger partial charge < -0.3 is 0 Å². The number of hydrogen-bond acceptors (Lipinski definition) is 5. The third kappa shape index (κ3) is 4.48. The second-order valence-electron chi connectivity index (χ2n) is 6.31. The topological polar surface area (TPSA) is 73.8 Å². The van der Waals surface area contributed by atoms with Crippen molar-refractivity contribution in [1.82, 2.24) is 14.8 Å². The van der Waals surface area contributed by atoms with Gasteiger partial charge in [0.05, 0.1) is 0 Å². The van der Waals surface area contributed by atoms with E-state index in [1.807, 2.05) is 35.8 Å². The molecule has 0 saturated heterocycles. The molecule has 0 saturated carbocycles. The Morgan fingerprint density at radius 2 is 1.81 bits per heavy atom. The lowest BCUT2D eigenvalue weighted by Gasteiger charge is -2.15. The van der Waals surface area contributed by atoms with Crippen molar-refractivity contribution < 1.29 is 4.92 Å². The molecule has 0 fully saturated rings. The third-order valence-electron chi connectivity index (χ3n) is 4.35. The second kappa shape index (κ2) is 8.10. The zero-order valence-corrected chi connectivity index (χ0v) is 16.8. The molecule has 0 unspecified atom stereocenters. The largest absolute Gasteiger partial charge is 0.274 e. The van der Waals surface area contributed by atoms with Crippen LogP contribution in [0.4, 0.5) is 0 Å². The van der Waals surface area contributed by atoms with Crippen LogP contribution in [-0.2, 0) is 0 Å². The van der Waals surface area contributed by atoms with Crippen molar-refractivity contribution in [2.24, 2.45) is 0 Å². The second-order valence-corrected chi connectivity index (χ2v) is 7.91. The lowest BCUT2D eigenvalue weighted by atomic mass is 10.1. The predicted molar refractivity (Wildman–Crippen MR) is 107 cm³/mol. The molecule has 1 heterocycles. The smallest absolute Gasteiger partial charge is 0.220 e. The van der Waals surface area contributed by atoms with Crippen LogP contribution in [0.5, 0.6) is 0 Å². The van der Waals surface area contributed by atoms with Crippen LogP contribution in [0.3, 0.4) is 0 Å². The summed E-state index contributed by atoms with van der Waals surface area (Å²) in [6.45, 7) is 5.76. The molecule has 2 aromatic carbocycles. The van der Waals surface area contributed by atoms with E-state index in [0.717, 1.165) is 22.6 Å². The summed E-state index contributed by atoms with van der Waals surface area (Å²) in [6.07, 6.45) is 0. The first kappa shape index (κ1) is 19.4. The molecule has 3 rings (SSSR count). The fraction of sp³-hybridized carbons (Fsp3) is 0.263. The lowest BCUT2D eigenvalue weighted by Crippen LogP contribution is -2.11. The number of nitrogens with zero attached hydrogens (tertiary/aromatic N) is 4. The van der Waals surface area contributed by atoms with Crippen LogP contribution in [0.2, 0.25) is 5.02 Å². The monoisotopic (exact) mass is 402 g/mol. The Morgan fingerprint density at radius 1 is 1.11 bits per heavy atom. The van der Waals surface area contributed by atoms with Crippen molar-refractivity contribution in [3.05, 3.63) is 80.1 Å². The van der Waals surface area contributed by atoms with Gasteiger partial charge in [-0.25, -0.2) is 0 Å². The van der Waals surface area contributed by atoms with E-state index in [1.165, 1.54) is 17.3 Å². The molecule has 0 bridgehead atoms. The minimum Gasteiger partial charge on any atom is -0.274 e.